The quantitative estimate of drug-likeness (QED) is 0.322. The number of fused-ring (bicyclic) bond motifs is 1. The summed E-state index contributed by atoms with van der Waals surface area (Å²) in [7, 11) is 0. The molecule has 33 heavy (non-hydrogen) atoms. The number of carbonyl (C=O) groups is 1. The molecule has 0 atom stereocenters. The van der Waals surface area contributed by atoms with Crippen molar-refractivity contribution in [3.05, 3.63) is 100 Å². The van der Waals surface area contributed by atoms with Gasteiger partial charge < -0.3 is 0 Å². The van der Waals surface area contributed by atoms with Crippen molar-refractivity contribution in [2.45, 2.75) is 0 Å². The topological polar surface area (TPSA) is 79.9 Å². The van der Waals surface area contributed by atoms with Gasteiger partial charge in [-0.05, 0) is 48.5 Å². The van der Waals surface area contributed by atoms with E-state index >= 15 is 0 Å². The standard InChI is InChI=1S/C24H16ClN5O2S/c25-16-10-12-18(13-11-16)29-21(27-20-9-5-4-8-19(20)23(29)32)14-26-28-24-30(22(31)15-33-24)17-6-2-1-3-7-17/h1-14H,15H2. The van der Waals surface area contributed by atoms with E-state index in [2.05, 4.69) is 15.2 Å². The first-order chi connectivity index (χ1) is 16.1. The van der Waals surface area contributed by atoms with Gasteiger partial charge in [0, 0.05) is 5.02 Å². The average Bonchev–Trinajstić information content (AvgIpc) is 3.21. The fourth-order valence-corrected chi connectivity index (χ4v) is 4.42. The zero-order valence-electron chi connectivity index (χ0n) is 17.1. The van der Waals surface area contributed by atoms with Crippen LogP contribution in [0, 0.1) is 0 Å². The molecule has 0 aliphatic carbocycles. The molecular formula is C24H16ClN5O2S. The van der Waals surface area contributed by atoms with Gasteiger partial charge >= 0.3 is 0 Å². The van der Waals surface area contributed by atoms with Crippen molar-refractivity contribution in [3.63, 3.8) is 0 Å². The van der Waals surface area contributed by atoms with Gasteiger partial charge in [-0.25, -0.2) is 4.98 Å². The summed E-state index contributed by atoms with van der Waals surface area (Å²) in [5.74, 6) is 0.528. The van der Waals surface area contributed by atoms with Gasteiger partial charge in [-0.2, -0.15) is 5.10 Å². The Kier molecular flexibility index (Phi) is 5.77. The summed E-state index contributed by atoms with van der Waals surface area (Å²) in [6, 6.07) is 23.3. The number of nitrogens with zero attached hydrogens (tertiary/aromatic N) is 5. The second-order valence-electron chi connectivity index (χ2n) is 7.08. The van der Waals surface area contributed by atoms with Crippen molar-refractivity contribution in [3.8, 4) is 5.69 Å². The van der Waals surface area contributed by atoms with Crippen molar-refractivity contribution in [2.75, 3.05) is 10.7 Å². The average molecular weight is 474 g/mol. The van der Waals surface area contributed by atoms with Crippen LogP contribution < -0.4 is 10.5 Å². The summed E-state index contributed by atoms with van der Waals surface area (Å²) in [4.78, 5) is 31.8. The van der Waals surface area contributed by atoms with Crippen LogP contribution in [-0.4, -0.2) is 32.6 Å². The number of anilines is 1. The van der Waals surface area contributed by atoms with Crippen LogP contribution in [-0.2, 0) is 4.79 Å². The molecule has 0 radical (unpaired) electrons. The van der Waals surface area contributed by atoms with Gasteiger partial charge in [0.1, 0.15) is 0 Å². The third-order valence-electron chi connectivity index (χ3n) is 4.98. The first-order valence-electron chi connectivity index (χ1n) is 10.0. The zero-order valence-corrected chi connectivity index (χ0v) is 18.7. The number of hydrogen-bond acceptors (Lipinski definition) is 6. The van der Waals surface area contributed by atoms with Crippen molar-refractivity contribution in [2.24, 2.45) is 10.2 Å². The number of para-hydroxylation sites is 2. The lowest BCUT2D eigenvalue weighted by Crippen LogP contribution is -2.29. The summed E-state index contributed by atoms with van der Waals surface area (Å²) in [6.45, 7) is 0. The lowest BCUT2D eigenvalue weighted by Gasteiger charge is -2.14. The monoisotopic (exact) mass is 473 g/mol. The van der Waals surface area contributed by atoms with E-state index in [9.17, 15) is 9.59 Å². The molecule has 1 amide bonds. The van der Waals surface area contributed by atoms with E-state index in [1.807, 2.05) is 36.4 Å². The van der Waals surface area contributed by atoms with E-state index in [0.717, 1.165) is 5.69 Å². The molecule has 0 N–H and O–H groups in total. The second kappa shape index (κ2) is 9.01. The molecule has 0 unspecified atom stereocenters. The fraction of sp³-hybridized carbons (Fsp3) is 0.0417. The normalized spacial score (nSPS) is 15.2. The SMILES string of the molecule is O=C1CSC(=NN=Cc2nc3ccccc3c(=O)n2-c2ccc(Cl)cc2)N1c1ccccc1. The van der Waals surface area contributed by atoms with Crippen LogP contribution >= 0.6 is 23.4 Å². The molecule has 3 aromatic carbocycles. The van der Waals surface area contributed by atoms with Gasteiger partial charge in [-0.15, -0.1) is 5.10 Å². The number of halogens is 1. The first-order valence-corrected chi connectivity index (χ1v) is 11.4. The van der Waals surface area contributed by atoms with Gasteiger partial charge in [0.25, 0.3) is 5.56 Å². The minimum atomic E-state index is -0.228. The van der Waals surface area contributed by atoms with Gasteiger partial charge in [0.05, 0.1) is 34.2 Å². The Balaban J connectivity index is 1.58. The Morgan fingerprint density at radius 2 is 1.64 bits per heavy atom. The molecule has 0 spiro atoms. The number of rotatable bonds is 4. The molecule has 1 saturated heterocycles. The largest absolute Gasteiger partial charge is 0.273 e. The molecule has 1 aliphatic heterocycles. The summed E-state index contributed by atoms with van der Waals surface area (Å²) in [5, 5.41) is 9.96. The molecule has 1 aromatic heterocycles. The molecule has 5 rings (SSSR count). The van der Waals surface area contributed by atoms with E-state index < -0.39 is 0 Å². The number of hydrogen-bond donors (Lipinski definition) is 0. The summed E-state index contributed by atoms with van der Waals surface area (Å²) in [6.07, 6.45) is 1.42. The van der Waals surface area contributed by atoms with Crippen molar-refractivity contribution in [1.82, 2.24) is 9.55 Å². The number of amides is 1. The van der Waals surface area contributed by atoms with Crippen molar-refractivity contribution >= 4 is 57.2 Å². The molecule has 162 valence electrons. The lowest BCUT2D eigenvalue weighted by atomic mass is 10.2. The van der Waals surface area contributed by atoms with Gasteiger partial charge in [-0.3, -0.25) is 19.1 Å². The molecule has 0 bridgehead atoms. The zero-order chi connectivity index (χ0) is 22.8. The lowest BCUT2D eigenvalue weighted by molar-refractivity contribution is -0.115. The summed E-state index contributed by atoms with van der Waals surface area (Å²) >= 11 is 7.33. The molecule has 2 heterocycles. The van der Waals surface area contributed by atoms with E-state index in [0.29, 0.717) is 32.6 Å². The van der Waals surface area contributed by atoms with Gasteiger partial charge in [0.15, 0.2) is 11.0 Å². The molecule has 1 fully saturated rings. The molecular weight excluding hydrogens is 458 g/mol. The highest BCUT2D eigenvalue weighted by molar-refractivity contribution is 8.15. The van der Waals surface area contributed by atoms with Crippen LogP contribution in [0.3, 0.4) is 0 Å². The van der Waals surface area contributed by atoms with Crippen LogP contribution in [0.25, 0.3) is 16.6 Å². The fourth-order valence-electron chi connectivity index (χ4n) is 3.47. The van der Waals surface area contributed by atoms with E-state index in [1.54, 1.807) is 42.5 Å². The third kappa shape index (κ3) is 4.18. The number of carbonyl (C=O) groups excluding carboxylic acids is 1. The number of thioether (sulfide) groups is 1. The minimum Gasteiger partial charge on any atom is -0.273 e. The predicted molar refractivity (Wildman–Crippen MR) is 134 cm³/mol. The predicted octanol–water partition coefficient (Wildman–Crippen LogP) is 4.51. The Morgan fingerprint density at radius 1 is 0.909 bits per heavy atom. The summed E-state index contributed by atoms with van der Waals surface area (Å²) < 4.78 is 1.46. The van der Waals surface area contributed by atoms with E-state index in [-0.39, 0.29) is 17.2 Å². The van der Waals surface area contributed by atoms with Gasteiger partial charge in [-0.1, -0.05) is 53.7 Å². The third-order valence-corrected chi connectivity index (χ3v) is 6.15. The Hall–Kier alpha value is -3.75. The maximum atomic E-state index is 13.3. The van der Waals surface area contributed by atoms with Crippen molar-refractivity contribution in [1.29, 1.82) is 0 Å². The highest BCUT2D eigenvalue weighted by Gasteiger charge is 2.29. The highest BCUT2D eigenvalue weighted by atomic mass is 35.5. The van der Waals surface area contributed by atoms with E-state index in [4.69, 9.17) is 11.6 Å². The highest BCUT2D eigenvalue weighted by Crippen LogP contribution is 2.26. The second-order valence-corrected chi connectivity index (χ2v) is 8.46. The van der Waals surface area contributed by atoms with Crippen molar-refractivity contribution < 1.29 is 4.79 Å². The minimum absolute atomic E-state index is 0.0675. The van der Waals surface area contributed by atoms with E-state index in [1.165, 1.54) is 27.4 Å². The number of aromatic nitrogens is 2. The number of benzene rings is 3. The van der Waals surface area contributed by atoms with Crippen LogP contribution in [0.2, 0.25) is 5.02 Å². The molecule has 9 heteroatoms. The molecule has 4 aromatic rings. The Bertz CT molecular complexity index is 1470. The molecule has 0 saturated carbocycles. The van der Waals surface area contributed by atoms with Crippen LogP contribution in [0.4, 0.5) is 5.69 Å². The smallest absolute Gasteiger partial charge is 0.266 e. The Morgan fingerprint density at radius 3 is 2.42 bits per heavy atom. The summed E-state index contributed by atoms with van der Waals surface area (Å²) in [5.41, 5.74) is 1.66. The number of amidine groups is 1. The van der Waals surface area contributed by atoms with Gasteiger partial charge in [0.2, 0.25) is 5.91 Å². The maximum absolute atomic E-state index is 13.3. The van der Waals surface area contributed by atoms with Crippen LogP contribution in [0.5, 0.6) is 0 Å². The first kappa shape index (κ1) is 21.1. The molecule has 1 aliphatic rings. The maximum Gasteiger partial charge on any atom is 0.266 e. The molecule has 7 nitrogen and oxygen atoms in total. The van der Waals surface area contributed by atoms with Crippen LogP contribution in [0.15, 0.2) is 93.9 Å². The Labute approximate surface area is 198 Å². The van der Waals surface area contributed by atoms with Crippen LogP contribution in [0.1, 0.15) is 5.82 Å².